The van der Waals surface area contributed by atoms with E-state index in [9.17, 15) is 9.90 Å². The van der Waals surface area contributed by atoms with Crippen molar-refractivity contribution >= 4 is 5.97 Å². The van der Waals surface area contributed by atoms with Crippen LogP contribution < -0.4 is 4.74 Å². The number of allylic oxidation sites excluding steroid dienone is 1. The summed E-state index contributed by atoms with van der Waals surface area (Å²) in [6, 6.07) is 13.3. The number of aromatic hydroxyl groups is 2. The van der Waals surface area contributed by atoms with E-state index in [1.165, 1.54) is 13.0 Å². The molecule has 0 saturated carbocycles. The summed E-state index contributed by atoms with van der Waals surface area (Å²) in [6.07, 6.45) is 2.23. The average Bonchev–Trinajstić information content (AvgIpc) is 2.43. The molecule has 110 valence electrons. The summed E-state index contributed by atoms with van der Waals surface area (Å²) in [7, 11) is 0. The van der Waals surface area contributed by atoms with Crippen LogP contribution in [0.5, 0.6) is 17.2 Å². The highest BCUT2D eigenvalue weighted by Crippen LogP contribution is 2.24. The highest BCUT2D eigenvalue weighted by Gasteiger charge is 2.05. The Balaban J connectivity index is 0.000000262. The first-order chi connectivity index (χ1) is 10.0. The molecule has 0 aliphatic heterocycles. The van der Waals surface area contributed by atoms with Crippen LogP contribution in [0.3, 0.4) is 0 Å². The van der Waals surface area contributed by atoms with Crippen LogP contribution >= 0.6 is 0 Å². The van der Waals surface area contributed by atoms with Crippen molar-refractivity contribution in [3.8, 4) is 17.2 Å². The van der Waals surface area contributed by atoms with Crippen LogP contribution in [0.1, 0.15) is 12.5 Å². The number of esters is 1. The zero-order chi connectivity index (χ0) is 15.7. The highest BCUT2D eigenvalue weighted by molar-refractivity contribution is 5.70. The van der Waals surface area contributed by atoms with Gasteiger partial charge in [-0.1, -0.05) is 24.3 Å². The number of benzene rings is 2. The van der Waals surface area contributed by atoms with Gasteiger partial charge < -0.3 is 14.9 Å². The summed E-state index contributed by atoms with van der Waals surface area (Å²) in [6.45, 7) is 4.92. The molecule has 0 saturated heterocycles. The number of phenolic OH excluding ortho intramolecular Hbond substituents is 2. The van der Waals surface area contributed by atoms with Crippen molar-refractivity contribution in [1.82, 2.24) is 0 Å². The van der Waals surface area contributed by atoms with Crippen molar-refractivity contribution in [1.29, 1.82) is 0 Å². The summed E-state index contributed by atoms with van der Waals surface area (Å²) < 4.78 is 4.96. The molecule has 2 aromatic carbocycles. The van der Waals surface area contributed by atoms with Crippen LogP contribution in [-0.4, -0.2) is 16.2 Å². The molecule has 0 aliphatic rings. The van der Waals surface area contributed by atoms with Gasteiger partial charge in [-0.25, -0.2) is 0 Å². The van der Waals surface area contributed by atoms with Crippen LogP contribution in [-0.2, 0) is 11.2 Å². The maximum absolute atomic E-state index is 10.7. The zero-order valence-electron chi connectivity index (χ0n) is 11.8. The van der Waals surface area contributed by atoms with Gasteiger partial charge in [0.1, 0.15) is 17.2 Å². The van der Waals surface area contributed by atoms with Crippen LogP contribution in [0.15, 0.2) is 61.2 Å². The lowest BCUT2D eigenvalue weighted by atomic mass is 10.1. The Labute approximate surface area is 123 Å². The van der Waals surface area contributed by atoms with Gasteiger partial charge in [0, 0.05) is 12.5 Å². The van der Waals surface area contributed by atoms with E-state index in [1.807, 2.05) is 6.07 Å². The Morgan fingerprint density at radius 3 is 2.29 bits per heavy atom. The van der Waals surface area contributed by atoms with Gasteiger partial charge in [0.15, 0.2) is 0 Å². The molecule has 0 unspecified atom stereocenters. The number of hydrogen-bond donors (Lipinski definition) is 2. The molecule has 0 fully saturated rings. The van der Waals surface area contributed by atoms with E-state index < -0.39 is 0 Å². The summed E-state index contributed by atoms with van der Waals surface area (Å²) in [5.41, 5.74) is 0.746. The second kappa shape index (κ2) is 8.43. The van der Waals surface area contributed by atoms with E-state index in [-0.39, 0.29) is 11.7 Å². The van der Waals surface area contributed by atoms with Crippen molar-refractivity contribution in [2.24, 2.45) is 0 Å². The maximum atomic E-state index is 10.7. The van der Waals surface area contributed by atoms with Gasteiger partial charge in [0.05, 0.1) is 0 Å². The summed E-state index contributed by atoms with van der Waals surface area (Å²) in [5, 5.41) is 17.9. The lowest BCUT2D eigenvalue weighted by Crippen LogP contribution is -2.03. The summed E-state index contributed by atoms with van der Waals surface area (Å²) >= 11 is 0. The van der Waals surface area contributed by atoms with E-state index >= 15 is 0 Å². The molecule has 0 spiro atoms. The molecular weight excluding hydrogens is 268 g/mol. The summed E-state index contributed by atoms with van der Waals surface area (Å²) in [4.78, 5) is 10.7. The third-order valence-corrected chi connectivity index (χ3v) is 2.42. The molecule has 0 amide bonds. The molecule has 4 nitrogen and oxygen atoms in total. The normalized spacial score (nSPS) is 9.19. The minimum atomic E-state index is -0.374. The molecule has 4 heteroatoms. The zero-order valence-corrected chi connectivity index (χ0v) is 11.8. The van der Waals surface area contributed by atoms with E-state index in [2.05, 4.69) is 6.58 Å². The molecule has 0 radical (unpaired) electrons. The van der Waals surface area contributed by atoms with Gasteiger partial charge in [-0.05, 0) is 36.8 Å². The topological polar surface area (TPSA) is 66.8 Å². The maximum Gasteiger partial charge on any atom is 0.308 e. The molecule has 2 rings (SSSR count). The first-order valence-electron chi connectivity index (χ1n) is 6.38. The minimum Gasteiger partial charge on any atom is -0.508 e. The molecular formula is C17H18O4. The van der Waals surface area contributed by atoms with Gasteiger partial charge in [0.25, 0.3) is 0 Å². The number of phenols is 2. The smallest absolute Gasteiger partial charge is 0.308 e. The SMILES string of the molecule is C=CCc1cc(O)ccc1OC(C)=O.Oc1ccccc1. The predicted molar refractivity (Wildman–Crippen MR) is 81.4 cm³/mol. The Kier molecular flexibility index (Phi) is 6.54. The number of ether oxygens (including phenoxy) is 1. The standard InChI is InChI=1S/C11H12O3.C6H6O/c1-3-4-9-7-10(13)5-6-11(9)14-8(2)12;7-6-4-2-1-3-5-6/h3,5-7,13H,1,4H2,2H3;1-5,7H. The second-order valence-corrected chi connectivity index (χ2v) is 4.21. The third kappa shape index (κ3) is 6.29. The van der Waals surface area contributed by atoms with Gasteiger partial charge in [-0.3, -0.25) is 4.79 Å². The van der Waals surface area contributed by atoms with Gasteiger partial charge in [-0.15, -0.1) is 6.58 Å². The first kappa shape index (κ1) is 16.3. The van der Waals surface area contributed by atoms with Crippen LogP contribution in [0.2, 0.25) is 0 Å². The predicted octanol–water partition coefficient (Wildman–Crippen LogP) is 3.44. The molecule has 2 aromatic rings. The Hall–Kier alpha value is -2.75. The quantitative estimate of drug-likeness (QED) is 0.515. The highest BCUT2D eigenvalue weighted by atomic mass is 16.5. The Bertz CT molecular complexity index is 591. The van der Waals surface area contributed by atoms with Crippen molar-refractivity contribution in [2.75, 3.05) is 0 Å². The molecule has 0 aliphatic carbocycles. The van der Waals surface area contributed by atoms with E-state index in [1.54, 1.807) is 42.5 Å². The van der Waals surface area contributed by atoms with E-state index in [0.717, 1.165) is 5.56 Å². The molecule has 0 bridgehead atoms. The molecule has 0 atom stereocenters. The monoisotopic (exact) mass is 286 g/mol. The number of hydrogen-bond acceptors (Lipinski definition) is 4. The van der Waals surface area contributed by atoms with Crippen molar-refractivity contribution in [3.05, 3.63) is 66.7 Å². The Morgan fingerprint density at radius 2 is 1.81 bits per heavy atom. The van der Waals surface area contributed by atoms with Crippen molar-refractivity contribution in [2.45, 2.75) is 13.3 Å². The van der Waals surface area contributed by atoms with Crippen molar-refractivity contribution < 1.29 is 19.7 Å². The van der Waals surface area contributed by atoms with Crippen LogP contribution in [0.25, 0.3) is 0 Å². The van der Waals surface area contributed by atoms with Gasteiger partial charge >= 0.3 is 5.97 Å². The first-order valence-corrected chi connectivity index (χ1v) is 6.38. The lowest BCUT2D eigenvalue weighted by molar-refractivity contribution is -0.131. The molecule has 0 heterocycles. The van der Waals surface area contributed by atoms with E-state index in [0.29, 0.717) is 17.9 Å². The summed E-state index contributed by atoms with van der Waals surface area (Å²) in [5.74, 6) is 0.566. The van der Waals surface area contributed by atoms with Gasteiger partial charge in [0.2, 0.25) is 0 Å². The number of carbonyl (C=O) groups excluding carboxylic acids is 1. The van der Waals surface area contributed by atoms with Crippen molar-refractivity contribution in [3.63, 3.8) is 0 Å². The number of para-hydroxylation sites is 1. The Morgan fingerprint density at radius 1 is 1.14 bits per heavy atom. The van der Waals surface area contributed by atoms with Crippen LogP contribution in [0, 0.1) is 0 Å². The fourth-order valence-electron chi connectivity index (χ4n) is 1.56. The third-order valence-electron chi connectivity index (χ3n) is 2.42. The molecule has 2 N–H and O–H groups in total. The number of carbonyl (C=O) groups is 1. The van der Waals surface area contributed by atoms with E-state index in [4.69, 9.17) is 9.84 Å². The number of rotatable bonds is 3. The fraction of sp³-hybridized carbons (Fsp3) is 0.118. The minimum absolute atomic E-state index is 0.151. The van der Waals surface area contributed by atoms with Crippen LogP contribution in [0.4, 0.5) is 0 Å². The fourth-order valence-corrected chi connectivity index (χ4v) is 1.56. The largest absolute Gasteiger partial charge is 0.508 e. The average molecular weight is 286 g/mol. The van der Waals surface area contributed by atoms with Gasteiger partial charge in [-0.2, -0.15) is 0 Å². The second-order valence-electron chi connectivity index (χ2n) is 4.21. The lowest BCUT2D eigenvalue weighted by Gasteiger charge is -2.07. The molecule has 0 aromatic heterocycles. The molecule has 21 heavy (non-hydrogen) atoms.